The van der Waals surface area contributed by atoms with E-state index in [0.29, 0.717) is 5.82 Å². The van der Waals surface area contributed by atoms with Crippen molar-refractivity contribution in [3.8, 4) is 11.4 Å². The highest BCUT2D eigenvalue weighted by atomic mass is 16.1. The fourth-order valence-electron chi connectivity index (χ4n) is 2.00. The summed E-state index contributed by atoms with van der Waals surface area (Å²) in [6.07, 6.45) is 4.65. The lowest BCUT2D eigenvalue weighted by Gasteiger charge is -2.24. The minimum absolute atomic E-state index is 0.121. The first-order chi connectivity index (χ1) is 8.83. The zero-order chi connectivity index (χ0) is 12.4. The van der Waals surface area contributed by atoms with Crippen LogP contribution in [0.4, 0.5) is 5.69 Å². The van der Waals surface area contributed by atoms with Crippen LogP contribution in [0.15, 0.2) is 30.6 Å². The Morgan fingerprint density at radius 3 is 2.94 bits per heavy atom. The van der Waals surface area contributed by atoms with Gasteiger partial charge in [0.25, 0.3) is 0 Å². The van der Waals surface area contributed by atoms with Crippen molar-refractivity contribution in [1.29, 1.82) is 0 Å². The van der Waals surface area contributed by atoms with Crippen molar-refractivity contribution < 1.29 is 4.79 Å². The average molecular weight is 242 g/mol. The van der Waals surface area contributed by atoms with Crippen LogP contribution in [-0.4, -0.2) is 21.1 Å². The van der Waals surface area contributed by atoms with Gasteiger partial charge in [-0.1, -0.05) is 18.6 Å². The van der Waals surface area contributed by atoms with E-state index >= 15 is 0 Å². The second-order valence-corrected chi connectivity index (χ2v) is 4.53. The van der Waals surface area contributed by atoms with Crippen LogP contribution in [0.2, 0.25) is 0 Å². The van der Waals surface area contributed by atoms with Crippen LogP contribution >= 0.6 is 0 Å². The number of hydrogen-bond donors (Lipinski definition) is 2. The van der Waals surface area contributed by atoms with Crippen LogP contribution in [-0.2, 0) is 4.79 Å². The van der Waals surface area contributed by atoms with Gasteiger partial charge in [0.05, 0.1) is 0 Å². The number of nitrogens with one attached hydrogen (secondary N) is 2. The maximum Gasteiger partial charge on any atom is 0.227 e. The molecule has 0 saturated heterocycles. The fraction of sp³-hybridized carbons (Fsp3) is 0.308. The Hall–Kier alpha value is -2.17. The van der Waals surface area contributed by atoms with Gasteiger partial charge in [0.2, 0.25) is 5.91 Å². The highest BCUT2D eigenvalue weighted by molar-refractivity contribution is 5.93. The highest BCUT2D eigenvalue weighted by Crippen LogP contribution is 2.28. The van der Waals surface area contributed by atoms with E-state index in [4.69, 9.17) is 0 Å². The Labute approximate surface area is 105 Å². The third-order valence-electron chi connectivity index (χ3n) is 3.29. The van der Waals surface area contributed by atoms with Gasteiger partial charge >= 0.3 is 0 Å². The Kier molecular flexibility index (Phi) is 2.80. The number of rotatable bonds is 3. The molecule has 1 aromatic heterocycles. The van der Waals surface area contributed by atoms with Crippen molar-refractivity contribution >= 4 is 11.6 Å². The minimum atomic E-state index is 0.121. The third-order valence-corrected chi connectivity index (χ3v) is 3.29. The third kappa shape index (κ3) is 2.11. The van der Waals surface area contributed by atoms with Crippen molar-refractivity contribution in [3.05, 3.63) is 30.6 Å². The molecule has 5 heteroatoms. The molecular formula is C13H14N4O. The van der Waals surface area contributed by atoms with Gasteiger partial charge in [0, 0.05) is 17.2 Å². The SMILES string of the molecule is O=C(Nc1cccc(-c2ncn[nH]2)c1)C1CCC1. The van der Waals surface area contributed by atoms with Gasteiger partial charge in [0.15, 0.2) is 5.82 Å². The quantitative estimate of drug-likeness (QED) is 0.866. The summed E-state index contributed by atoms with van der Waals surface area (Å²) in [4.78, 5) is 15.9. The Morgan fingerprint density at radius 2 is 2.28 bits per heavy atom. The van der Waals surface area contributed by atoms with Gasteiger partial charge in [-0.3, -0.25) is 9.89 Å². The molecule has 0 spiro atoms. The summed E-state index contributed by atoms with van der Waals surface area (Å²) in [7, 11) is 0. The molecule has 2 aromatic rings. The predicted molar refractivity (Wildman–Crippen MR) is 67.8 cm³/mol. The molecule has 1 saturated carbocycles. The maximum absolute atomic E-state index is 11.8. The molecule has 1 amide bonds. The first kappa shape index (κ1) is 11.0. The number of carbonyl (C=O) groups excluding carboxylic acids is 1. The molecule has 1 aliphatic rings. The Morgan fingerprint density at radius 1 is 1.39 bits per heavy atom. The lowest BCUT2D eigenvalue weighted by Crippen LogP contribution is -2.27. The molecule has 5 nitrogen and oxygen atoms in total. The molecule has 0 unspecified atom stereocenters. The van der Waals surface area contributed by atoms with Crippen LogP contribution in [0.25, 0.3) is 11.4 Å². The molecule has 1 heterocycles. The van der Waals surface area contributed by atoms with Crippen LogP contribution in [0, 0.1) is 5.92 Å². The number of nitrogens with zero attached hydrogens (tertiary/aromatic N) is 2. The van der Waals surface area contributed by atoms with E-state index in [0.717, 1.165) is 30.5 Å². The van der Waals surface area contributed by atoms with Crippen LogP contribution in [0.1, 0.15) is 19.3 Å². The number of amides is 1. The molecular weight excluding hydrogens is 228 g/mol. The van der Waals surface area contributed by atoms with E-state index in [1.165, 1.54) is 6.33 Å². The Bertz CT molecular complexity index is 546. The van der Waals surface area contributed by atoms with Crippen molar-refractivity contribution in [2.45, 2.75) is 19.3 Å². The van der Waals surface area contributed by atoms with E-state index in [2.05, 4.69) is 20.5 Å². The van der Waals surface area contributed by atoms with Crippen molar-refractivity contribution in [1.82, 2.24) is 15.2 Å². The summed E-state index contributed by atoms with van der Waals surface area (Å²) in [5.74, 6) is 1.02. The van der Waals surface area contributed by atoms with E-state index in [1.54, 1.807) is 0 Å². The normalized spacial score (nSPS) is 15.1. The molecule has 18 heavy (non-hydrogen) atoms. The topological polar surface area (TPSA) is 70.7 Å². The highest BCUT2D eigenvalue weighted by Gasteiger charge is 2.25. The van der Waals surface area contributed by atoms with Gasteiger partial charge in [-0.05, 0) is 25.0 Å². The molecule has 0 atom stereocenters. The number of anilines is 1. The second kappa shape index (κ2) is 4.60. The van der Waals surface area contributed by atoms with Crippen LogP contribution in [0.3, 0.4) is 0 Å². The zero-order valence-corrected chi connectivity index (χ0v) is 9.89. The molecule has 2 N–H and O–H groups in total. The molecule has 0 aliphatic heterocycles. The zero-order valence-electron chi connectivity index (χ0n) is 9.89. The summed E-state index contributed by atoms with van der Waals surface area (Å²) in [5, 5.41) is 9.57. The van der Waals surface area contributed by atoms with E-state index < -0.39 is 0 Å². The summed E-state index contributed by atoms with van der Waals surface area (Å²) >= 11 is 0. The monoisotopic (exact) mass is 242 g/mol. The number of hydrogen-bond acceptors (Lipinski definition) is 3. The number of aromatic amines is 1. The van der Waals surface area contributed by atoms with Crippen LogP contribution in [0.5, 0.6) is 0 Å². The van der Waals surface area contributed by atoms with Gasteiger partial charge in [-0.25, -0.2) is 4.98 Å². The number of H-pyrrole nitrogens is 1. The largest absolute Gasteiger partial charge is 0.326 e. The molecule has 0 bridgehead atoms. The maximum atomic E-state index is 11.8. The standard InChI is InChI=1S/C13H14N4O/c18-13(9-3-1-4-9)16-11-6-2-5-10(7-11)12-14-8-15-17-12/h2,5-9H,1,3-4H2,(H,16,18)(H,14,15,17). The molecule has 0 radical (unpaired) electrons. The van der Waals surface area contributed by atoms with Gasteiger partial charge < -0.3 is 5.32 Å². The first-order valence-electron chi connectivity index (χ1n) is 6.09. The number of benzene rings is 1. The van der Waals surface area contributed by atoms with Gasteiger partial charge in [-0.15, -0.1) is 0 Å². The lowest BCUT2D eigenvalue weighted by molar-refractivity contribution is -0.122. The summed E-state index contributed by atoms with van der Waals surface area (Å²) in [6, 6.07) is 7.61. The van der Waals surface area contributed by atoms with Crippen molar-refractivity contribution in [2.24, 2.45) is 5.92 Å². The first-order valence-corrected chi connectivity index (χ1v) is 6.09. The summed E-state index contributed by atoms with van der Waals surface area (Å²) in [5.41, 5.74) is 1.72. The lowest BCUT2D eigenvalue weighted by atomic mass is 9.85. The van der Waals surface area contributed by atoms with E-state index in [9.17, 15) is 4.79 Å². The van der Waals surface area contributed by atoms with E-state index in [1.807, 2.05) is 24.3 Å². The van der Waals surface area contributed by atoms with Gasteiger partial charge in [-0.2, -0.15) is 5.10 Å². The average Bonchev–Trinajstić information content (AvgIpc) is 2.80. The smallest absolute Gasteiger partial charge is 0.227 e. The number of aromatic nitrogens is 3. The predicted octanol–water partition coefficient (Wildman–Crippen LogP) is 2.21. The van der Waals surface area contributed by atoms with Gasteiger partial charge in [0.1, 0.15) is 6.33 Å². The second-order valence-electron chi connectivity index (χ2n) is 4.53. The van der Waals surface area contributed by atoms with Crippen LogP contribution < -0.4 is 5.32 Å². The van der Waals surface area contributed by atoms with E-state index in [-0.39, 0.29) is 11.8 Å². The summed E-state index contributed by atoms with van der Waals surface area (Å²) in [6.45, 7) is 0. The molecule has 3 rings (SSSR count). The van der Waals surface area contributed by atoms with Crippen molar-refractivity contribution in [3.63, 3.8) is 0 Å². The Balaban J connectivity index is 1.76. The van der Waals surface area contributed by atoms with Crippen molar-refractivity contribution in [2.75, 3.05) is 5.32 Å². The summed E-state index contributed by atoms with van der Waals surface area (Å²) < 4.78 is 0. The fourth-order valence-corrected chi connectivity index (χ4v) is 2.00. The number of carbonyl (C=O) groups is 1. The molecule has 92 valence electrons. The molecule has 1 fully saturated rings. The molecule has 1 aliphatic carbocycles. The molecule has 1 aromatic carbocycles. The minimum Gasteiger partial charge on any atom is -0.326 e.